The second-order valence-corrected chi connectivity index (χ2v) is 7.17. The average Bonchev–Trinajstić information content (AvgIpc) is 3.15. The van der Waals surface area contributed by atoms with Crippen molar-refractivity contribution in [3.05, 3.63) is 69.4 Å². The predicted molar refractivity (Wildman–Crippen MR) is 113 cm³/mol. The fourth-order valence-electron chi connectivity index (χ4n) is 3.83. The molecule has 10 heteroatoms. The highest BCUT2D eigenvalue weighted by molar-refractivity contribution is 5.93. The maximum Gasteiger partial charge on any atom is 0.387 e. The highest BCUT2D eigenvalue weighted by Gasteiger charge is 2.24. The number of carbonyl (C=O) groups excluding carboxylic acids is 1. The van der Waals surface area contributed by atoms with Gasteiger partial charge in [-0.05, 0) is 18.2 Å². The van der Waals surface area contributed by atoms with Crippen molar-refractivity contribution in [3.8, 4) is 11.5 Å². The number of para-hydroxylation sites is 1. The summed E-state index contributed by atoms with van der Waals surface area (Å²) in [5.74, 6) is -0.882. The van der Waals surface area contributed by atoms with E-state index in [9.17, 15) is 23.7 Å². The van der Waals surface area contributed by atoms with Gasteiger partial charge in [0.2, 0.25) is 5.91 Å². The Kier molecular flexibility index (Phi) is 5.76. The number of aromatic nitrogens is 1. The molecule has 2 heterocycles. The van der Waals surface area contributed by atoms with Crippen LogP contribution in [0.3, 0.4) is 0 Å². The molecular weight excluding hydrogens is 424 g/mol. The van der Waals surface area contributed by atoms with Crippen LogP contribution in [0.25, 0.3) is 17.0 Å². The van der Waals surface area contributed by atoms with Crippen LogP contribution in [0.4, 0.5) is 14.5 Å². The SMILES string of the molecule is COc1cc(/C=C/C(=O)N2CCc3[nH]c4ccccc4c3C2)c([N+](=O)[O-])cc1OC(F)F. The van der Waals surface area contributed by atoms with Crippen LogP contribution < -0.4 is 9.47 Å². The van der Waals surface area contributed by atoms with Gasteiger partial charge in [0.15, 0.2) is 11.5 Å². The summed E-state index contributed by atoms with van der Waals surface area (Å²) >= 11 is 0. The molecule has 4 rings (SSSR count). The lowest BCUT2D eigenvalue weighted by Crippen LogP contribution is -2.34. The molecule has 0 saturated heterocycles. The maximum absolute atomic E-state index is 12.8. The molecule has 0 unspecified atom stereocenters. The van der Waals surface area contributed by atoms with E-state index in [4.69, 9.17) is 4.74 Å². The number of nitrogens with zero attached hydrogens (tertiary/aromatic N) is 2. The number of benzene rings is 2. The Morgan fingerprint density at radius 3 is 2.78 bits per heavy atom. The van der Waals surface area contributed by atoms with Crippen LogP contribution in [-0.4, -0.2) is 41.0 Å². The smallest absolute Gasteiger partial charge is 0.387 e. The Labute approximate surface area is 181 Å². The first-order valence-corrected chi connectivity index (χ1v) is 9.74. The van der Waals surface area contributed by atoms with E-state index in [2.05, 4.69) is 9.72 Å². The monoisotopic (exact) mass is 443 g/mol. The Hall–Kier alpha value is -3.95. The van der Waals surface area contributed by atoms with E-state index in [0.29, 0.717) is 19.5 Å². The van der Waals surface area contributed by atoms with Gasteiger partial charge in [-0.2, -0.15) is 8.78 Å². The number of hydrogen-bond acceptors (Lipinski definition) is 5. The Bertz CT molecular complexity index is 1220. The average molecular weight is 443 g/mol. The van der Waals surface area contributed by atoms with Crippen LogP contribution in [-0.2, 0) is 17.8 Å². The van der Waals surface area contributed by atoms with Crippen molar-refractivity contribution >= 4 is 28.6 Å². The van der Waals surface area contributed by atoms with Gasteiger partial charge >= 0.3 is 6.61 Å². The molecule has 0 atom stereocenters. The number of fused-ring (bicyclic) bond motifs is 3. The highest BCUT2D eigenvalue weighted by atomic mass is 19.3. The third kappa shape index (κ3) is 4.11. The van der Waals surface area contributed by atoms with Crippen LogP contribution in [0.5, 0.6) is 11.5 Å². The first kappa shape index (κ1) is 21.3. The Morgan fingerprint density at radius 1 is 1.28 bits per heavy atom. The number of rotatable bonds is 6. The van der Waals surface area contributed by atoms with Crippen molar-refractivity contribution in [3.63, 3.8) is 0 Å². The lowest BCUT2D eigenvalue weighted by molar-refractivity contribution is -0.385. The molecule has 0 spiro atoms. The van der Waals surface area contributed by atoms with Gasteiger partial charge < -0.3 is 19.4 Å². The number of nitro benzene ring substituents is 1. The maximum atomic E-state index is 12.8. The quantitative estimate of drug-likeness (QED) is 0.348. The van der Waals surface area contributed by atoms with Crippen LogP contribution in [0.15, 0.2) is 42.5 Å². The minimum absolute atomic E-state index is 0.0339. The van der Waals surface area contributed by atoms with E-state index in [1.807, 2.05) is 24.3 Å². The van der Waals surface area contributed by atoms with Gasteiger partial charge in [-0.1, -0.05) is 18.2 Å². The van der Waals surface area contributed by atoms with Crippen molar-refractivity contribution in [2.75, 3.05) is 13.7 Å². The van der Waals surface area contributed by atoms with Crippen molar-refractivity contribution in [1.29, 1.82) is 0 Å². The molecule has 1 aliphatic rings. The number of halogens is 2. The summed E-state index contributed by atoms with van der Waals surface area (Å²) in [7, 11) is 1.23. The van der Waals surface area contributed by atoms with Gasteiger partial charge in [-0.3, -0.25) is 14.9 Å². The van der Waals surface area contributed by atoms with E-state index >= 15 is 0 Å². The summed E-state index contributed by atoms with van der Waals surface area (Å²) in [5.41, 5.74) is 2.70. The molecule has 1 amide bonds. The zero-order valence-corrected chi connectivity index (χ0v) is 17.0. The number of methoxy groups -OCH3 is 1. The molecule has 0 bridgehead atoms. The van der Waals surface area contributed by atoms with E-state index < -0.39 is 23.0 Å². The minimum atomic E-state index is -3.17. The lowest BCUT2D eigenvalue weighted by atomic mass is 10.0. The van der Waals surface area contributed by atoms with E-state index in [0.717, 1.165) is 28.2 Å². The standard InChI is InChI=1S/C22H19F2N3O5/c1-31-19-10-13(18(27(29)30)11-20(19)32-22(23)24)6-7-21(28)26-9-8-17-15(12-26)14-4-2-3-5-16(14)25-17/h2-7,10-11,22,25H,8-9,12H2,1H3/b7-6+. The number of carbonyl (C=O) groups is 1. The van der Waals surface area contributed by atoms with Gasteiger partial charge in [-0.15, -0.1) is 0 Å². The number of alkyl halides is 2. The van der Waals surface area contributed by atoms with Gasteiger partial charge in [-0.25, -0.2) is 0 Å². The van der Waals surface area contributed by atoms with Gasteiger partial charge in [0.1, 0.15) is 0 Å². The molecule has 1 N–H and O–H groups in total. The third-order valence-corrected chi connectivity index (χ3v) is 5.33. The van der Waals surface area contributed by atoms with Crippen LogP contribution in [0.1, 0.15) is 16.8 Å². The van der Waals surface area contributed by atoms with Crippen LogP contribution >= 0.6 is 0 Å². The molecule has 3 aromatic rings. The zero-order chi connectivity index (χ0) is 22.8. The topological polar surface area (TPSA) is 97.7 Å². The second-order valence-electron chi connectivity index (χ2n) is 7.17. The minimum Gasteiger partial charge on any atom is -0.493 e. The second kappa shape index (κ2) is 8.66. The fourth-order valence-corrected chi connectivity index (χ4v) is 3.83. The molecule has 32 heavy (non-hydrogen) atoms. The number of H-pyrrole nitrogens is 1. The first-order valence-electron chi connectivity index (χ1n) is 9.74. The number of hydrogen-bond donors (Lipinski definition) is 1. The number of ether oxygens (including phenoxy) is 2. The molecule has 1 aliphatic heterocycles. The summed E-state index contributed by atoms with van der Waals surface area (Å²) in [6.45, 7) is -2.26. The predicted octanol–water partition coefficient (Wildman–Crippen LogP) is 4.28. The molecule has 166 valence electrons. The van der Waals surface area contributed by atoms with Crippen molar-refractivity contribution < 1.29 is 28.0 Å². The number of amides is 1. The summed E-state index contributed by atoms with van der Waals surface area (Å²) in [6, 6.07) is 9.89. The molecule has 2 aromatic carbocycles. The summed E-state index contributed by atoms with van der Waals surface area (Å²) < 4.78 is 34.5. The molecule has 0 saturated carbocycles. The summed E-state index contributed by atoms with van der Waals surface area (Å²) in [5, 5.41) is 12.5. The normalized spacial score (nSPS) is 13.6. The summed E-state index contributed by atoms with van der Waals surface area (Å²) in [6.07, 6.45) is 3.17. The lowest BCUT2D eigenvalue weighted by Gasteiger charge is -2.26. The van der Waals surface area contributed by atoms with Crippen molar-refractivity contribution in [1.82, 2.24) is 9.88 Å². The van der Waals surface area contributed by atoms with Crippen LogP contribution in [0.2, 0.25) is 0 Å². The Morgan fingerprint density at radius 2 is 2.06 bits per heavy atom. The third-order valence-electron chi connectivity index (χ3n) is 5.33. The Balaban J connectivity index is 1.59. The molecule has 0 aliphatic carbocycles. The van der Waals surface area contributed by atoms with E-state index in [-0.39, 0.29) is 17.2 Å². The number of nitro groups is 1. The molecular formula is C22H19F2N3O5. The van der Waals surface area contributed by atoms with Gasteiger partial charge in [0, 0.05) is 47.7 Å². The molecule has 1 aromatic heterocycles. The zero-order valence-electron chi connectivity index (χ0n) is 17.0. The van der Waals surface area contributed by atoms with E-state index in [1.165, 1.54) is 25.3 Å². The van der Waals surface area contributed by atoms with Crippen molar-refractivity contribution in [2.45, 2.75) is 19.6 Å². The largest absolute Gasteiger partial charge is 0.493 e. The van der Waals surface area contributed by atoms with Gasteiger partial charge in [0.05, 0.1) is 23.7 Å². The first-order chi connectivity index (χ1) is 15.4. The van der Waals surface area contributed by atoms with E-state index in [1.54, 1.807) is 4.90 Å². The molecule has 8 nitrogen and oxygen atoms in total. The molecule has 0 fully saturated rings. The number of aromatic amines is 1. The van der Waals surface area contributed by atoms with Gasteiger partial charge in [0.25, 0.3) is 5.69 Å². The molecule has 0 radical (unpaired) electrons. The fraction of sp³-hybridized carbons (Fsp3) is 0.227. The van der Waals surface area contributed by atoms with Crippen molar-refractivity contribution in [2.24, 2.45) is 0 Å². The number of nitrogens with one attached hydrogen (secondary N) is 1. The summed E-state index contributed by atoms with van der Waals surface area (Å²) in [4.78, 5) is 28.5. The van der Waals surface area contributed by atoms with Crippen LogP contribution in [0, 0.1) is 10.1 Å². The highest BCUT2D eigenvalue weighted by Crippen LogP contribution is 2.36.